The van der Waals surface area contributed by atoms with Crippen molar-refractivity contribution in [3.05, 3.63) is 42.2 Å². The Bertz CT molecular complexity index is 727. The van der Waals surface area contributed by atoms with Crippen LogP contribution in [0.5, 0.6) is 0 Å². The van der Waals surface area contributed by atoms with Gasteiger partial charge in [0.2, 0.25) is 5.91 Å². The average Bonchev–Trinajstić information content (AvgIpc) is 3.05. The number of amides is 1. The number of carbonyl (C=O) groups is 1. The van der Waals surface area contributed by atoms with E-state index in [-0.39, 0.29) is 11.2 Å². The van der Waals surface area contributed by atoms with E-state index in [2.05, 4.69) is 40.8 Å². The molecule has 1 N–H and O–H groups in total. The first-order chi connectivity index (χ1) is 12.1. The van der Waals surface area contributed by atoms with Crippen LogP contribution < -0.4 is 5.32 Å². The molecule has 0 saturated heterocycles. The van der Waals surface area contributed by atoms with E-state index in [0.717, 1.165) is 17.3 Å². The van der Waals surface area contributed by atoms with Gasteiger partial charge in [0.25, 0.3) is 0 Å². The fourth-order valence-electron chi connectivity index (χ4n) is 3.44. The molecule has 5 heteroatoms. The number of hydrogen-bond donors (Lipinski definition) is 1. The summed E-state index contributed by atoms with van der Waals surface area (Å²) < 4.78 is 2.06. The monoisotopic (exact) mass is 357 g/mol. The van der Waals surface area contributed by atoms with Crippen molar-refractivity contribution in [2.45, 2.75) is 62.9 Å². The SMILES string of the molecule is Cc1ccccc1-n1ccnc1S[C@H](C)C(=O)N[C@@H]1CCCC[C@@H]1C. The smallest absolute Gasteiger partial charge is 0.233 e. The van der Waals surface area contributed by atoms with E-state index in [9.17, 15) is 4.79 Å². The van der Waals surface area contributed by atoms with Gasteiger partial charge in [0.15, 0.2) is 5.16 Å². The first-order valence-electron chi connectivity index (χ1n) is 9.12. The fraction of sp³-hybridized carbons (Fsp3) is 0.500. The molecule has 25 heavy (non-hydrogen) atoms. The zero-order valence-corrected chi connectivity index (χ0v) is 16.1. The molecule has 1 aliphatic carbocycles. The summed E-state index contributed by atoms with van der Waals surface area (Å²) in [5.74, 6) is 0.687. The lowest BCUT2D eigenvalue weighted by molar-refractivity contribution is -0.121. The maximum Gasteiger partial charge on any atom is 0.233 e. The van der Waals surface area contributed by atoms with Gasteiger partial charge in [0.05, 0.1) is 10.9 Å². The van der Waals surface area contributed by atoms with Crippen molar-refractivity contribution in [2.24, 2.45) is 5.92 Å². The van der Waals surface area contributed by atoms with E-state index in [1.54, 1.807) is 6.20 Å². The summed E-state index contributed by atoms with van der Waals surface area (Å²) in [6, 6.07) is 8.54. The first-order valence-corrected chi connectivity index (χ1v) is 10.0. The van der Waals surface area contributed by atoms with Crippen LogP contribution in [0.3, 0.4) is 0 Å². The van der Waals surface area contributed by atoms with Crippen LogP contribution in [0.2, 0.25) is 0 Å². The lowest BCUT2D eigenvalue weighted by atomic mass is 9.86. The topological polar surface area (TPSA) is 46.9 Å². The minimum atomic E-state index is -0.167. The average molecular weight is 358 g/mol. The highest BCUT2D eigenvalue weighted by Gasteiger charge is 2.26. The minimum absolute atomic E-state index is 0.114. The van der Waals surface area contributed by atoms with Gasteiger partial charge < -0.3 is 5.32 Å². The van der Waals surface area contributed by atoms with Gasteiger partial charge in [0.1, 0.15) is 0 Å². The number of thioether (sulfide) groups is 1. The van der Waals surface area contributed by atoms with Crippen molar-refractivity contribution < 1.29 is 4.79 Å². The molecule has 1 aliphatic rings. The Hall–Kier alpha value is -1.75. The predicted octanol–water partition coefficient (Wildman–Crippen LogP) is 4.36. The Balaban J connectivity index is 1.67. The molecule has 3 atom stereocenters. The van der Waals surface area contributed by atoms with Crippen LogP contribution >= 0.6 is 11.8 Å². The summed E-state index contributed by atoms with van der Waals surface area (Å²) in [6.07, 6.45) is 8.56. The van der Waals surface area contributed by atoms with E-state index in [0.29, 0.717) is 12.0 Å². The van der Waals surface area contributed by atoms with Crippen molar-refractivity contribution in [2.75, 3.05) is 0 Å². The number of nitrogens with zero attached hydrogens (tertiary/aromatic N) is 2. The second-order valence-corrected chi connectivity index (χ2v) is 8.31. The number of hydrogen-bond acceptors (Lipinski definition) is 3. The summed E-state index contributed by atoms with van der Waals surface area (Å²) in [4.78, 5) is 17.1. The molecule has 1 heterocycles. The van der Waals surface area contributed by atoms with Crippen LogP contribution in [0.4, 0.5) is 0 Å². The molecule has 1 aromatic carbocycles. The maximum absolute atomic E-state index is 12.6. The van der Waals surface area contributed by atoms with E-state index in [4.69, 9.17) is 0 Å². The highest BCUT2D eigenvalue weighted by Crippen LogP contribution is 2.28. The number of nitrogens with one attached hydrogen (secondary N) is 1. The normalized spacial score (nSPS) is 21.7. The van der Waals surface area contributed by atoms with Crippen LogP contribution in [0.1, 0.15) is 45.1 Å². The van der Waals surface area contributed by atoms with Gasteiger partial charge in [-0.3, -0.25) is 9.36 Å². The lowest BCUT2D eigenvalue weighted by Gasteiger charge is -2.30. The third-order valence-electron chi connectivity index (χ3n) is 5.07. The van der Waals surface area contributed by atoms with Gasteiger partial charge in [-0.05, 0) is 44.2 Å². The minimum Gasteiger partial charge on any atom is -0.352 e. The fourth-order valence-corrected chi connectivity index (χ4v) is 4.32. The molecule has 4 nitrogen and oxygen atoms in total. The van der Waals surface area contributed by atoms with Gasteiger partial charge in [-0.15, -0.1) is 0 Å². The Morgan fingerprint density at radius 3 is 2.84 bits per heavy atom. The summed E-state index contributed by atoms with van der Waals surface area (Å²) in [5.41, 5.74) is 2.30. The molecule has 0 bridgehead atoms. The van der Waals surface area contributed by atoms with E-state index >= 15 is 0 Å². The Morgan fingerprint density at radius 2 is 2.08 bits per heavy atom. The number of aromatic nitrogens is 2. The molecule has 2 aromatic rings. The number of imidazole rings is 1. The number of aryl methyl sites for hydroxylation is 1. The predicted molar refractivity (Wildman–Crippen MR) is 103 cm³/mol. The Labute approximate surface area is 154 Å². The first kappa shape index (κ1) is 18.1. The van der Waals surface area contributed by atoms with Crippen LogP contribution in [0.25, 0.3) is 5.69 Å². The van der Waals surface area contributed by atoms with Gasteiger partial charge in [-0.1, -0.05) is 49.7 Å². The van der Waals surface area contributed by atoms with Crippen LogP contribution in [0.15, 0.2) is 41.8 Å². The van der Waals surface area contributed by atoms with Crippen molar-refractivity contribution in [3.8, 4) is 5.69 Å². The van der Waals surface area contributed by atoms with Crippen LogP contribution in [-0.4, -0.2) is 26.8 Å². The molecular formula is C20H27N3OS. The summed E-state index contributed by atoms with van der Waals surface area (Å²) in [5, 5.41) is 3.94. The van der Waals surface area contributed by atoms with Crippen molar-refractivity contribution in [1.29, 1.82) is 0 Å². The number of carbonyl (C=O) groups excluding carboxylic acids is 1. The molecule has 0 spiro atoms. The number of benzene rings is 1. The summed E-state index contributed by atoms with van der Waals surface area (Å²) >= 11 is 1.52. The number of rotatable bonds is 5. The molecule has 0 aliphatic heterocycles. The zero-order valence-electron chi connectivity index (χ0n) is 15.2. The molecule has 1 saturated carbocycles. The standard InChI is InChI=1S/C20H27N3OS/c1-14-8-4-6-10-17(14)22-19(24)16(3)25-20-21-12-13-23(20)18-11-7-5-9-15(18)2/h5,7,9,11-14,16-17H,4,6,8,10H2,1-3H3,(H,22,24)/t14-,16+,17+/m0/s1. The summed E-state index contributed by atoms with van der Waals surface area (Å²) in [7, 11) is 0. The molecular weight excluding hydrogens is 330 g/mol. The Kier molecular flexibility index (Phi) is 5.84. The van der Waals surface area contributed by atoms with Crippen LogP contribution in [-0.2, 0) is 4.79 Å². The highest BCUT2D eigenvalue weighted by atomic mass is 32.2. The molecule has 3 rings (SSSR count). The van der Waals surface area contributed by atoms with Crippen molar-refractivity contribution in [3.63, 3.8) is 0 Å². The third kappa shape index (κ3) is 4.27. The van der Waals surface area contributed by atoms with Gasteiger partial charge in [-0.25, -0.2) is 4.98 Å². The quantitative estimate of drug-likeness (QED) is 0.809. The van der Waals surface area contributed by atoms with Crippen molar-refractivity contribution >= 4 is 17.7 Å². The highest BCUT2D eigenvalue weighted by molar-refractivity contribution is 8.00. The van der Waals surface area contributed by atoms with Gasteiger partial charge >= 0.3 is 0 Å². The molecule has 1 amide bonds. The summed E-state index contributed by atoms with van der Waals surface area (Å²) in [6.45, 7) is 6.29. The van der Waals surface area contributed by atoms with Crippen molar-refractivity contribution in [1.82, 2.24) is 14.9 Å². The van der Waals surface area contributed by atoms with Gasteiger partial charge in [-0.2, -0.15) is 0 Å². The molecule has 0 unspecified atom stereocenters. The zero-order chi connectivity index (χ0) is 17.8. The Morgan fingerprint density at radius 1 is 1.32 bits per heavy atom. The largest absolute Gasteiger partial charge is 0.352 e. The molecule has 1 aromatic heterocycles. The second kappa shape index (κ2) is 8.09. The van der Waals surface area contributed by atoms with E-state index in [1.807, 2.05) is 25.3 Å². The molecule has 0 radical (unpaired) electrons. The maximum atomic E-state index is 12.6. The molecule has 134 valence electrons. The molecule has 1 fully saturated rings. The third-order valence-corrected chi connectivity index (χ3v) is 6.15. The lowest BCUT2D eigenvalue weighted by Crippen LogP contribution is -2.44. The van der Waals surface area contributed by atoms with Gasteiger partial charge in [0, 0.05) is 18.4 Å². The second-order valence-electron chi connectivity index (χ2n) is 7.00. The van der Waals surface area contributed by atoms with E-state index < -0.39 is 0 Å². The van der Waals surface area contributed by atoms with E-state index in [1.165, 1.54) is 36.6 Å². The van der Waals surface area contributed by atoms with Crippen LogP contribution in [0, 0.1) is 12.8 Å². The number of para-hydroxylation sites is 1.